The Morgan fingerprint density at radius 2 is 1.72 bits per heavy atom. The van der Waals surface area contributed by atoms with Crippen molar-refractivity contribution in [3.63, 3.8) is 0 Å². The van der Waals surface area contributed by atoms with Gasteiger partial charge in [-0.1, -0.05) is 54.5 Å². The molecule has 0 saturated carbocycles. The lowest BCUT2D eigenvalue weighted by Crippen LogP contribution is -2.28. The summed E-state index contributed by atoms with van der Waals surface area (Å²) in [6.07, 6.45) is 0. The van der Waals surface area contributed by atoms with E-state index >= 15 is 0 Å². The molecule has 0 fully saturated rings. The van der Waals surface area contributed by atoms with E-state index in [0.29, 0.717) is 16.8 Å². The van der Waals surface area contributed by atoms with Gasteiger partial charge in [-0.25, -0.2) is 0 Å². The zero-order valence-electron chi connectivity index (χ0n) is 21.0. The van der Waals surface area contributed by atoms with Crippen LogP contribution in [0.3, 0.4) is 0 Å². The number of carbonyl (C=O) groups excluding carboxylic acids is 2. The van der Waals surface area contributed by atoms with E-state index in [4.69, 9.17) is 0 Å². The maximum absolute atomic E-state index is 13.2. The molecule has 1 aliphatic heterocycles. The number of rotatable bonds is 6. The van der Waals surface area contributed by atoms with Gasteiger partial charge in [0.1, 0.15) is 0 Å². The Labute approximate surface area is 212 Å². The van der Waals surface area contributed by atoms with Crippen molar-refractivity contribution in [2.75, 3.05) is 24.7 Å². The normalized spacial score (nSPS) is 13.6. The highest BCUT2D eigenvalue weighted by molar-refractivity contribution is 6.37. The van der Waals surface area contributed by atoms with E-state index in [1.54, 1.807) is 6.07 Å². The van der Waals surface area contributed by atoms with Crippen LogP contribution in [0.25, 0.3) is 11.3 Å². The van der Waals surface area contributed by atoms with Crippen molar-refractivity contribution in [3.05, 3.63) is 95.1 Å². The minimum Gasteiger partial charge on any atom is -0.354 e. The molecule has 3 aromatic rings. The van der Waals surface area contributed by atoms with Crippen LogP contribution in [-0.2, 0) is 16.1 Å². The van der Waals surface area contributed by atoms with Gasteiger partial charge in [-0.2, -0.15) is 0 Å². The lowest BCUT2D eigenvalue weighted by Gasteiger charge is -2.16. The summed E-state index contributed by atoms with van der Waals surface area (Å²) in [7, 11) is 4.08. The van der Waals surface area contributed by atoms with Crippen molar-refractivity contribution >= 4 is 34.5 Å². The first-order chi connectivity index (χ1) is 17.3. The lowest BCUT2D eigenvalue weighted by atomic mass is 9.99. The minimum atomic E-state index is -0.331. The van der Waals surface area contributed by atoms with Gasteiger partial charge in [0.25, 0.3) is 11.8 Å². The summed E-state index contributed by atoms with van der Waals surface area (Å²) in [5.41, 5.74) is 6.40. The molecule has 0 spiro atoms. The number of carbonyl (C=O) groups is 2. The smallest absolute Gasteiger partial charge is 0.296 e. The van der Waals surface area contributed by atoms with Gasteiger partial charge in [0.05, 0.1) is 17.0 Å². The highest BCUT2D eigenvalue weighted by atomic mass is 16.2. The fourth-order valence-corrected chi connectivity index (χ4v) is 4.01. The van der Waals surface area contributed by atoms with E-state index in [1.165, 1.54) is 5.56 Å². The van der Waals surface area contributed by atoms with E-state index in [1.807, 2.05) is 82.5 Å². The molecular formula is C30H30N4O2. The van der Waals surface area contributed by atoms with Crippen molar-refractivity contribution in [3.8, 4) is 11.8 Å². The standard InChI is InChI=1S/C30H30N4O2/c1-20(2)31-27(35)17-13-21-12-16-25-26(18-21)33-30(36)28(25)29(23-8-6-5-7-9-23)32-24-14-10-22(11-15-24)19-34(3)4/h5-12,14-16,18,20,32H,19H2,1-4H3,(H,31,35)(H,33,36)/b29-28-. The number of nitrogens with zero attached hydrogens (tertiary/aromatic N) is 1. The molecule has 6 nitrogen and oxygen atoms in total. The predicted molar refractivity (Wildman–Crippen MR) is 146 cm³/mol. The first-order valence-corrected chi connectivity index (χ1v) is 11.9. The van der Waals surface area contributed by atoms with E-state index < -0.39 is 0 Å². The second-order valence-electron chi connectivity index (χ2n) is 9.27. The van der Waals surface area contributed by atoms with Crippen molar-refractivity contribution in [2.45, 2.75) is 26.4 Å². The summed E-state index contributed by atoms with van der Waals surface area (Å²) in [5, 5.41) is 9.20. The molecule has 4 rings (SSSR count). The van der Waals surface area contributed by atoms with Crippen LogP contribution in [0.1, 0.15) is 36.1 Å². The first kappa shape index (κ1) is 24.8. The topological polar surface area (TPSA) is 73.5 Å². The number of amides is 2. The molecule has 182 valence electrons. The number of fused-ring (bicyclic) bond motifs is 1. The maximum atomic E-state index is 13.2. The van der Waals surface area contributed by atoms with Crippen molar-refractivity contribution < 1.29 is 9.59 Å². The van der Waals surface area contributed by atoms with Gasteiger partial charge in [0.2, 0.25) is 0 Å². The van der Waals surface area contributed by atoms with Crippen LogP contribution < -0.4 is 16.0 Å². The van der Waals surface area contributed by atoms with Gasteiger partial charge in [-0.05, 0) is 63.3 Å². The first-order valence-electron chi connectivity index (χ1n) is 11.9. The average molecular weight is 479 g/mol. The second-order valence-corrected chi connectivity index (χ2v) is 9.27. The monoisotopic (exact) mass is 478 g/mol. The molecule has 0 unspecified atom stereocenters. The van der Waals surface area contributed by atoms with Gasteiger partial charge in [-0.3, -0.25) is 9.59 Å². The third-order valence-electron chi connectivity index (χ3n) is 5.54. The van der Waals surface area contributed by atoms with Crippen LogP contribution in [0.15, 0.2) is 72.8 Å². The van der Waals surface area contributed by atoms with Crippen molar-refractivity contribution in [2.24, 2.45) is 0 Å². The molecule has 0 aromatic heterocycles. The Bertz CT molecular complexity index is 1360. The van der Waals surface area contributed by atoms with E-state index in [2.05, 4.69) is 44.8 Å². The zero-order chi connectivity index (χ0) is 25.7. The summed E-state index contributed by atoms with van der Waals surface area (Å²) in [6.45, 7) is 4.62. The number of hydrogen-bond donors (Lipinski definition) is 3. The van der Waals surface area contributed by atoms with Gasteiger partial charge in [0, 0.05) is 35.3 Å². The average Bonchev–Trinajstić information content (AvgIpc) is 3.16. The summed E-state index contributed by atoms with van der Waals surface area (Å²) < 4.78 is 0. The minimum absolute atomic E-state index is 0.0203. The van der Waals surface area contributed by atoms with Crippen LogP contribution in [0.4, 0.5) is 11.4 Å². The molecule has 0 radical (unpaired) electrons. The van der Waals surface area contributed by atoms with Gasteiger partial charge >= 0.3 is 0 Å². The number of nitrogens with one attached hydrogen (secondary N) is 3. The highest BCUT2D eigenvalue weighted by Gasteiger charge is 2.28. The van der Waals surface area contributed by atoms with E-state index in [0.717, 1.165) is 29.1 Å². The van der Waals surface area contributed by atoms with E-state index in [-0.39, 0.29) is 17.9 Å². The molecule has 3 aromatic carbocycles. The fraction of sp³-hybridized carbons (Fsp3) is 0.200. The van der Waals surface area contributed by atoms with Crippen molar-refractivity contribution in [1.82, 2.24) is 10.2 Å². The maximum Gasteiger partial charge on any atom is 0.296 e. The van der Waals surface area contributed by atoms with Gasteiger partial charge in [0.15, 0.2) is 0 Å². The fourth-order valence-electron chi connectivity index (χ4n) is 4.01. The molecule has 6 heteroatoms. The van der Waals surface area contributed by atoms with Gasteiger partial charge < -0.3 is 20.9 Å². The summed E-state index contributed by atoms with van der Waals surface area (Å²) in [6, 6.07) is 23.5. The molecule has 0 saturated heterocycles. The van der Waals surface area contributed by atoms with Crippen LogP contribution in [0, 0.1) is 11.8 Å². The third kappa shape index (κ3) is 6.01. The summed E-state index contributed by atoms with van der Waals surface area (Å²) in [5.74, 6) is 4.96. The molecule has 0 aliphatic carbocycles. The quantitative estimate of drug-likeness (QED) is 0.359. The van der Waals surface area contributed by atoms with Crippen LogP contribution >= 0.6 is 0 Å². The van der Waals surface area contributed by atoms with E-state index in [9.17, 15) is 9.59 Å². The molecule has 36 heavy (non-hydrogen) atoms. The van der Waals surface area contributed by atoms with Gasteiger partial charge in [-0.15, -0.1) is 0 Å². The Morgan fingerprint density at radius 3 is 2.39 bits per heavy atom. The van der Waals surface area contributed by atoms with Crippen LogP contribution in [0.5, 0.6) is 0 Å². The SMILES string of the molecule is CC(C)NC(=O)C#Cc1ccc2c(c1)NC(=O)/C2=C(\Nc1ccc(CN(C)C)cc1)c1ccccc1. The Balaban J connectivity index is 1.71. The largest absolute Gasteiger partial charge is 0.354 e. The number of anilines is 2. The molecule has 0 atom stereocenters. The number of benzene rings is 3. The Morgan fingerprint density at radius 1 is 1.00 bits per heavy atom. The molecule has 1 heterocycles. The van der Waals surface area contributed by atoms with Crippen molar-refractivity contribution in [1.29, 1.82) is 0 Å². The molecule has 3 N–H and O–H groups in total. The molecule has 0 bridgehead atoms. The zero-order valence-corrected chi connectivity index (χ0v) is 21.0. The molecular weight excluding hydrogens is 448 g/mol. The Kier molecular flexibility index (Phi) is 7.53. The highest BCUT2D eigenvalue weighted by Crippen LogP contribution is 2.38. The Hall–Kier alpha value is -4.34. The number of hydrogen-bond acceptors (Lipinski definition) is 4. The summed E-state index contributed by atoms with van der Waals surface area (Å²) in [4.78, 5) is 27.2. The predicted octanol–water partition coefficient (Wildman–Crippen LogP) is 4.56. The lowest BCUT2D eigenvalue weighted by molar-refractivity contribution is -0.116. The van der Waals surface area contributed by atoms with Crippen LogP contribution in [0.2, 0.25) is 0 Å². The summed E-state index contributed by atoms with van der Waals surface area (Å²) >= 11 is 0. The van der Waals surface area contributed by atoms with Crippen LogP contribution in [-0.4, -0.2) is 36.9 Å². The molecule has 2 amide bonds. The third-order valence-corrected chi connectivity index (χ3v) is 5.54. The second kappa shape index (κ2) is 10.9. The molecule has 1 aliphatic rings.